The van der Waals surface area contributed by atoms with Crippen molar-refractivity contribution in [3.63, 3.8) is 0 Å². The molecular weight excluding hydrogens is 1380 g/mol. The third kappa shape index (κ3) is 17.3. The molecule has 6 nitrogen and oxygen atoms in total. The van der Waals surface area contributed by atoms with Gasteiger partial charge in [0.1, 0.15) is 0 Å². The molecule has 554 valence electrons. The molecule has 15 rings (SSSR count). The van der Waals surface area contributed by atoms with Gasteiger partial charge in [-0.15, -0.1) is 0 Å². The zero-order valence-corrected chi connectivity index (χ0v) is 66.3. The summed E-state index contributed by atoms with van der Waals surface area (Å²) in [6.45, 7) is 14.5. The monoisotopic (exact) mass is 1480 g/mol. The standard InChI is InChI=1S/C102H100N2O4S2/c1-7-11-13-15-19-87-65-102(100-60-58-98(62-72(100)6)104(94-51-43-80(44-52-94)76-27-23-74(18-10-4)24-28-76)96-55-47-82(48-56-96)78-31-35-84(36-32-78)86-38-40-90-68-108-110(106)70-92(90)64-86)88(20-16-14-12-8-2)66-101(87)99-59-57-97(61-71(99)5)103(93-49-41-79(42-50-93)75-25-21-73(17-9-3)22-26-75)95-53-45-81(46-54-95)77-29-33-83(34-30-77)85-37-39-89-67-107-109(105)69-91(89)63-85/h21-66H,7-20,67-70H2,1-6H3. The minimum Gasteiger partial charge on any atom is -0.310 e. The van der Waals surface area contributed by atoms with Crippen LogP contribution in [0, 0.1) is 13.8 Å². The lowest BCUT2D eigenvalue weighted by molar-refractivity contribution is 0.327. The van der Waals surface area contributed by atoms with Crippen LogP contribution in [0.15, 0.2) is 279 Å². The van der Waals surface area contributed by atoms with Crippen LogP contribution in [0.25, 0.3) is 89.0 Å². The molecule has 110 heavy (non-hydrogen) atoms. The van der Waals surface area contributed by atoms with E-state index in [1.807, 2.05) is 0 Å². The maximum Gasteiger partial charge on any atom is 0.160 e. The van der Waals surface area contributed by atoms with E-state index in [9.17, 15) is 8.42 Å². The predicted octanol–water partition coefficient (Wildman–Crippen LogP) is 28.1. The Morgan fingerprint density at radius 2 is 0.545 bits per heavy atom. The molecule has 2 aliphatic heterocycles. The SMILES string of the molecule is CCCCCCc1cc(-c2ccc(N(c3ccc(-c4ccc(CCC)cc4)cc3)c3ccc(-c4ccc(-c5ccc6c(c5)CS(=O)OC6)cc4)cc3)cc2C)c(CCCCCC)cc1-c1ccc(N(c2ccc(-c3ccc(CCC)cc3)cc2)c2ccc(-c3ccc(-c4ccc5c(c4)CS(=O)OC5)cc3)cc2)cc1C. The van der Waals surface area contributed by atoms with E-state index in [2.05, 4.69) is 330 Å². The number of hydrogen-bond acceptors (Lipinski definition) is 6. The van der Waals surface area contributed by atoms with E-state index in [-0.39, 0.29) is 0 Å². The van der Waals surface area contributed by atoms with Crippen LogP contribution >= 0.6 is 0 Å². The van der Waals surface area contributed by atoms with Gasteiger partial charge in [0.15, 0.2) is 22.2 Å². The molecule has 0 aliphatic carbocycles. The van der Waals surface area contributed by atoms with Gasteiger partial charge in [0, 0.05) is 34.1 Å². The summed E-state index contributed by atoms with van der Waals surface area (Å²) in [7, 11) is 0. The van der Waals surface area contributed by atoms with Crippen molar-refractivity contribution in [1.82, 2.24) is 0 Å². The van der Waals surface area contributed by atoms with Crippen LogP contribution in [0.4, 0.5) is 34.1 Å². The number of rotatable bonds is 28. The van der Waals surface area contributed by atoms with Crippen LogP contribution in [0.2, 0.25) is 0 Å². The molecule has 2 unspecified atom stereocenters. The van der Waals surface area contributed by atoms with Gasteiger partial charge in [-0.05, 0) is 282 Å². The first-order chi connectivity index (χ1) is 53.9. The van der Waals surface area contributed by atoms with Gasteiger partial charge in [-0.3, -0.25) is 8.37 Å². The Kier molecular flexibility index (Phi) is 24.0. The quantitative estimate of drug-likeness (QED) is 0.0456. The van der Waals surface area contributed by atoms with E-state index in [1.54, 1.807) is 0 Å². The summed E-state index contributed by atoms with van der Waals surface area (Å²) in [5.41, 5.74) is 38.2. The second kappa shape index (κ2) is 35.1. The van der Waals surface area contributed by atoms with Crippen molar-refractivity contribution < 1.29 is 16.8 Å². The van der Waals surface area contributed by atoms with Crippen molar-refractivity contribution in [2.75, 3.05) is 9.80 Å². The zero-order valence-electron chi connectivity index (χ0n) is 64.6. The molecule has 0 bridgehead atoms. The summed E-state index contributed by atoms with van der Waals surface area (Å²) < 4.78 is 35.4. The number of fused-ring (bicyclic) bond motifs is 2. The van der Waals surface area contributed by atoms with Gasteiger partial charge < -0.3 is 9.80 Å². The number of hydrogen-bond donors (Lipinski definition) is 0. The summed E-state index contributed by atoms with van der Waals surface area (Å²) in [4.78, 5) is 4.85. The normalized spacial score (nSPS) is 13.9. The second-order valence-corrected chi connectivity index (χ2v) is 32.3. The maximum absolute atomic E-state index is 12.3. The highest BCUT2D eigenvalue weighted by molar-refractivity contribution is 7.79. The minimum atomic E-state index is -1.29. The molecule has 13 aromatic carbocycles. The topological polar surface area (TPSA) is 59.1 Å². The summed E-state index contributed by atoms with van der Waals surface area (Å²) in [6, 6.07) is 105. The molecule has 0 amide bonds. The first-order valence-electron chi connectivity index (χ1n) is 40.0. The van der Waals surface area contributed by atoms with Crippen molar-refractivity contribution in [2.45, 2.75) is 156 Å². The van der Waals surface area contributed by atoms with Crippen molar-refractivity contribution in [2.24, 2.45) is 0 Å². The van der Waals surface area contributed by atoms with E-state index in [0.29, 0.717) is 24.7 Å². The fourth-order valence-electron chi connectivity index (χ4n) is 16.1. The highest BCUT2D eigenvalue weighted by atomic mass is 32.2. The van der Waals surface area contributed by atoms with E-state index < -0.39 is 22.2 Å². The fourth-order valence-corrected chi connectivity index (χ4v) is 17.9. The van der Waals surface area contributed by atoms with Gasteiger partial charge in [0.25, 0.3) is 0 Å². The average Bonchev–Trinajstić information content (AvgIpc) is 0.761. The van der Waals surface area contributed by atoms with Crippen LogP contribution in [-0.4, -0.2) is 8.42 Å². The van der Waals surface area contributed by atoms with Crippen molar-refractivity contribution in [1.29, 1.82) is 0 Å². The smallest absolute Gasteiger partial charge is 0.160 e. The largest absolute Gasteiger partial charge is 0.310 e. The van der Waals surface area contributed by atoms with Gasteiger partial charge in [-0.2, -0.15) is 0 Å². The van der Waals surface area contributed by atoms with Crippen LogP contribution < -0.4 is 9.80 Å². The highest BCUT2D eigenvalue weighted by Gasteiger charge is 2.24. The Balaban J connectivity index is 0.768. The Hall–Kier alpha value is -10.3. The Morgan fingerprint density at radius 1 is 0.264 bits per heavy atom. The van der Waals surface area contributed by atoms with Crippen LogP contribution in [0.1, 0.15) is 148 Å². The lowest BCUT2D eigenvalue weighted by Gasteiger charge is -2.28. The highest BCUT2D eigenvalue weighted by Crippen LogP contribution is 2.45. The van der Waals surface area contributed by atoms with Gasteiger partial charge in [-0.1, -0.05) is 273 Å². The Labute approximate surface area is 658 Å². The minimum absolute atomic E-state index is 0.389. The van der Waals surface area contributed by atoms with E-state index >= 15 is 0 Å². The molecule has 0 N–H and O–H groups in total. The van der Waals surface area contributed by atoms with Crippen molar-refractivity contribution in [3.05, 3.63) is 335 Å². The lowest BCUT2D eigenvalue weighted by atomic mass is 9.84. The fraction of sp³-hybridized carbons (Fsp3) is 0.235. The molecule has 0 saturated heterocycles. The second-order valence-electron chi connectivity index (χ2n) is 30.1. The van der Waals surface area contributed by atoms with Crippen LogP contribution in [0.3, 0.4) is 0 Å². The summed E-state index contributed by atoms with van der Waals surface area (Å²) in [6.07, 6.45) is 15.9. The number of anilines is 6. The molecule has 0 saturated carbocycles. The summed E-state index contributed by atoms with van der Waals surface area (Å²) in [5.74, 6) is 0.844. The van der Waals surface area contributed by atoms with Gasteiger partial charge in [0.05, 0.1) is 24.7 Å². The number of benzene rings is 13. The average molecular weight is 1480 g/mol. The molecule has 8 heteroatoms. The molecule has 0 radical (unpaired) electrons. The summed E-state index contributed by atoms with van der Waals surface area (Å²) >= 11 is -2.58. The molecule has 2 heterocycles. The van der Waals surface area contributed by atoms with Gasteiger partial charge >= 0.3 is 0 Å². The van der Waals surface area contributed by atoms with Gasteiger partial charge in [0.2, 0.25) is 0 Å². The third-order valence-corrected chi connectivity index (χ3v) is 24.2. The molecule has 0 aromatic heterocycles. The molecule has 2 atom stereocenters. The summed E-state index contributed by atoms with van der Waals surface area (Å²) in [5, 5.41) is 0. The van der Waals surface area contributed by atoms with Gasteiger partial charge in [-0.25, -0.2) is 8.42 Å². The van der Waals surface area contributed by atoms with Crippen molar-refractivity contribution in [3.8, 4) is 89.0 Å². The zero-order chi connectivity index (χ0) is 75.5. The van der Waals surface area contributed by atoms with Crippen LogP contribution in [-0.2, 0) is 80.9 Å². The Bertz CT molecular complexity index is 5040. The predicted molar refractivity (Wildman–Crippen MR) is 466 cm³/mol. The first-order valence-corrected chi connectivity index (χ1v) is 42.5. The number of unbranched alkanes of at least 4 members (excludes halogenated alkanes) is 6. The van der Waals surface area contributed by atoms with E-state index in [4.69, 9.17) is 8.37 Å². The maximum atomic E-state index is 12.3. The molecule has 13 aromatic rings. The number of nitrogens with zero attached hydrogens (tertiary/aromatic N) is 2. The first kappa shape index (κ1) is 75.1. The van der Waals surface area contributed by atoms with E-state index in [0.717, 1.165) is 152 Å². The molecule has 0 spiro atoms. The number of aryl methyl sites for hydroxylation is 6. The molecule has 0 fully saturated rings. The van der Waals surface area contributed by atoms with E-state index in [1.165, 1.54) is 116 Å². The van der Waals surface area contributed by atoms with Crippen molar-refractivity contribution >= 4 is 56.3 Å². The Morgan fingerprint density at radius 3 is 0.845 bits per heavy atom. The molecular formula is C102H100N2O4S2. The molecule has 2 aliphatic rings. The third-order valence-electron chi connectivity index (χ3n) is 22.4. The lowest BCUT2D eigenvalue weighted by Crippen LogP contribution is -2.10. The van der Waals surface area contributed by atoms with Crippen LogP contribution in [0.5, 0.6) is 0 Å².